The Labute approximate surface area is 111 Å². The number of nitrogens with two attached hydrogens (primary N) is 1. The molecule has 0 bridgehead atoms. The molecule has 0 heterocycles. The maximum Gasteiger partial charge on any atom is 0.205 e. The Morgan fingerprint density at radius 3 is 2.78 bits per heavy atom. The quantitative estimate of drug-likeness (QED) is 0.212. The predicted molar refractivity (Wildman–Crippen MR) is 75.3 cm³/mol. The lowest BCUT2D eigenvalue weighted by atomic mass is 9.89. The molecule has 5 nitrogen and oxygen atoms in total. The minimum Gasteiger partial charge on any atom is -0.382 e. The maximum atomic E-state index is 5.45. The van der Waals surface area contributed by atoms with Crippen molar-refractivity contribution in [1.29, 1.82) is 0 Å². The van der Waals surface area contributed by atoms with Gasteiger partial charge in [-0.2, -0.15) is 0 Å². The molecular weight excluding hydrogens is 228 g/mol. The molecule has 0 atom stereocenters. The summed E-state index contributed by atoms with van der Waals surface area (Å²) in [6.45, 7) is 5.29. The van der Waals surface area contributed by atoms with E-state index in [0.29, 0.717) is 5.96 Å². The van der Waals surface area contributed by atoms with Gasteiger partial charge < -0.3 is 10.1 Å². The Morgan fingerprint density at radius 2 is 2.11 bits per heavy atom. The van der Waals surface area contributed by atoms with Gasteiger partial charge in [-0.15, -0.1) is 0 Å². The largest absolute Gasteiger partial charge is 0.382 e. The summed E-state index contributed by atoms with van der Waals surface area (Å²) in [5.74, 6) is 6.90. The highest BCUT2D eigenvalue weighted by atomic mass is 16.5. The van der Waals surface area contributed by atoms with Gasteiger partial charge in [0.05, 0.1) is 0 Å². The smallest absolute Gasteiger partial charge is 0.205 e. The summed E-state index contributed by atoms with van der Waals surface area (Å²) in [6.07, 6.45) is 7.69. The Bertz CT molecular complexity index is 227. The molecule has 1 rings (SSSR count). The van der Waals surface area contributed by atoms with Crippen molar-refractivity contribution >= 4 is 5.96 Å². The van der Waals surface area contributed by atoms with E-state index >= 15 is 0 Å². The summed E-state index contributed by atoms with van der Waals surface area (Å²) in [4.78, 5) is 4.51. The van der Waals surface area contributed by atoms with Crippen LogP contribution >= 0.6 is 0 Å². The second-order valence-corrected chi connectivity index (χ2v) is 4.81. The van der Waals surface area contributed by atoms with Crippen LogP contribution in [0.4, 0.5) is 0 Å². The van der Waals surface area contributed by atoms with Crippen LogP contribution in [-0.2, 0) is 4.74 Å². The number of hydrazine groups is 1. The Morgan fingerprint density at radius 1 is 1.33 bits per heavy atom. The van der Waals surface area contributed by atoms with Crippen LogP contribution in [0.1, 0.15) is 45.4 Å². The highest BCUT2D eigenvalue weighted by Crippen LogP contribution is 2.23. The fourth-order valence-electron chi connectivity index (χ4n) is 2.27. The number of guanidine groups is 1. The number of rotatable bonds is 7. The number of nitrogens with one attached hydrogen (secondary N) is 2. The van der Waals surface area contributed by atoms with Crippen molar-refractivity contribution < 1.29 is 4.74 Å². The number of aliphatic imine (C=N–C) groups is 1. The third-order valence-electron chi connectivity index (χ3n) is 3.33. The molecule has 0 aromatic heterocycles. The van der Waals surface area contributed by atoms with Crippen molar-refractivity contribution in [3.63, 3.8) is 0 Å². The first-order valence-electron chi connectivity index (χ1n) is 7.19. The van der Waals surface area contributed by atoms with Crippen LogP contribution in [0, 0.1) is 5.92 Å². The molecule has 0 aliphatic heterocycles. The summed E-state index contributed by atoms with van der Waals surface area (Å²) in [5, 5.41) is 3.20. The van der Waals surface area contributed by atoms with Crippen molar-refractivity contribution in [2.24, 2.45) is 16.8 Å². The molecule has 1 saturated carbocycles. The highest BCUT2D eigenvalue weighted by molar-refractivity contribution is 5.79. The van der Waals surface area contributed by atoms with Crippen LogP contribution in [0.2, 0.25) is 0 Å². The molecule has 18 heavy (non-hydrogen) atoms. The molecule has 1 aliphatic carbocycles. The van der Waals surface area contributed by atoms with Gasteiger partial charge in [-0.25, -0.2) is 5.84 Å². The molecule has 0 radical (unpaired) electrons. The van der Waals surface area contributed by atoms with Gasteiger partial charge in [0.25, 0.3) is 0 Å². The van der Waals surface area contributed by atoms with Crippen molar-refractivity contribution in [1.82, 2.24) is 10.7 Å². The van der Waals surface area contributed by atoms with Gasteiger partial charge >= 0.3 is 0 Å². The molecule has 0 aromatic carbocycles. The highest BCUT2D eigenvalue weighted by Gasteiger charge is 2.12. The summed E-state index contributed by atoms with van der Waals surface area (Å²) >= 11 is 0. The maximum absolute atomic E-state index is 5.45. The zero-order valence-corrected chi connectivity index (χ0v) is 11.6. The zero-order chi connectivity index (χ0) is 13.1. The third-order valence-corrected chi connectivity index (χ3v) is 3.33. The van der Waals surface area contributed by atoms with Gasteiger partial charge in [-0.3, -0.25) is 10.4 Å². The molecule has 0 amide bonds. The third kappa shape index (κ3) is 6.81. The fourth-order valence-corrected chi connectivity index (χ4v) is 2.27. The van der Waals surface area contributed by atoms with E-state index in [2.05, 4.69) is 15.7 Å². The Balaban J connectivity index is 2.13. The molecule has 106 valence electrons. The van der Waals surface area contributed by atoms with E-state index in [9.17, 15) is 0 Å². The van der Waals surface area contributed by atoms with Crippen LogP contribution < -0.4 is 16.6 Å². The van der Waals surface area contributed by atoms with Crippen molar-refractivity contribution in [3.8, 4) is 0 Å². The average Bonchev–Trinajstić information content (AvgIpc) is 2.43. The molecule has 4 N–H and O–H groups in total. The molecular formula is C13H28N4O. The van der Waals surface area contributed by atoms with Gasteiger partial charge in [0.1, 0.15) is 0 Å². The molecule has 0 spiro atoms. The molecule has 0 aromatic rings. The first-order chi connectivity index (χ1) is 8.86. The van der Waals surface area contributed by atoms with Crippen molar-refractivity contribution in [2.75, 3.05) is 26.3 Å². The summed E-state index contributed by atoms with van der Waals surface area (Å²) in [6, 6.07) is 0. The first kappa shape index (κ1) is 15.2. The van der Waals surface area contributed by atoms with Crippen LogP contribution in [0.25, 0.3) is 0 Å². The molecule has 0 unspecified atom stereocenters. The normalized spacial score (nSPS) is 17.8. The topological polar surface area (TPSA) is 71.7 Å². The molecule has 1 aliphatic rings. The van der Waals surface area contributed by atoms with Crippen LogP contribution in [0.15, 0.2) is 4.99 Å². The standard InChI is InChI=1S/C13H28N4O/c1-2-18-10-6-9-15-13(17-14)16-11-12-7-4-3-5-8-12/h12H,2-11,14H2,1H3,(H2,15,16,17). The first-order valence-corrected chi connectivity index (χ1v) is 7.19. The van der Waals surface area contributed by atoms with Gasteiger partial charge in [-0.05, 0) is 32.1 Å². The molecule has 5 heteroatoms. The van der Waals surface area contributed by atoms with Gasteiger partial charge in [0, 0.05) is 26.3 Å². The van der Waals surface area contributed by atoms with Crippen molar-refractivity contribution in [2.45, 2.75) is 45.4 Å². The van der Waals surface area contributed by atoms with Crippen molar-refractivity contribution in [3.05, 3.63) is 0 Å². The van der Waals surface area contributed by atoms with E-state index in [0.717, 1.165) is 38.6 Å². The lowest BCUT2D eigenvalue weighted by molar-refractivity contribution is 0.145. The van der Waals surface area contributed by atoms with E-state index in [1.54, 1.807) is 0 Å². The number of hydrogen-bond donors (Lipinski definition) is 3. The predicted octanol–water partition coefficient (Wildman–Crippen LogP) is 1.40. The number of nitrogens with zero attached hydrogens (tertiary/aromatic N) is 1. The monoisotopic (exact) mass is 256 g/mol. The fraction of sp³-hybridized carbons (Fsp3) is 0.923. The minimum absolute atomic E-state index is 0.706. The van der Waals surface area contributed by atoms with E-state index < -0.39 is 0 Å². The Hall–Kier alpha value is -0.810. The summed E-state index contributed by atoms with van der Waals surface area (Å²) in [7, 11) is 0. The van der Waals surface area contributed by atoms with Crippen LogP contribution in [-0.4, -0.2) is 32.3 Å². The second-order valence-electron chi connectivity index (χ2n) is 4.81. The Kier molecular flexibility index (Phi) is 8.59. The lowest BCUT2D eigenvalue weighted by Gasteiger charge is -2.20. The number of hydrogen-bond acceptors (Lipinski definition) is 3. The average molecular weight is 256 g/mol. The van der Waals surface area contributed by atoms with Gasteiger partial charge in [0.2, 0.25) is 5.96 Å². The summed E-state index contributed by atoms with van der Waals surface area (Å²) in [5.41, 5.74) is 2.63. The second kappa shape index (κ2) is 10.1. The SMILES string of the molecule is CCOCCCNC(=NCC1CCCCC1)NN. The van der Waals surface area contributed by atoms with E-state index in [1.165, 1.54) is 32.1 Å². The molecule has 0 saturated heterocycles. The zero-order valence-electron chi connectivity index (χ0n) is 11.6. The number of ether oxygens (including phenoxy) is 1. The van der Waals surface area contributed by atoms with Crippen LogP contribution in [0.5, 0.6) is 0 Å². The van der Waals surface area contributed by atoms with Crippen LogP contribution in [0.3, 0.4) is 0 Å². The van der Waals surface area contributed by atoms with E-state index in [1.807, 2.05) is 6.92 Å². The lowest BCUT2D eigenvalue weighted by Crippen LogP contribution is -2.42. The van der Waals surface area contributed by atoms with Gasteiger partial charge in [0.15, 0.2) is 0 Å². The minimum atomic E-state index is 0.706. The molecule has 1 fully saturated rings. The van der Waals surface area contributed by atoms with E-state index in [-0.39, 0.29) is 0 Å². The van der Waals surface area contributed by atoms with E-state index in [4.69, 9.17) is 10.6 Å². The summed E-state index contributed by atoms with van der Waals surface area (Å²) < 4.78 is 5.27. The van der Waals surface area contributed by atoms with Gasteiger partial charge in [-0.1, -0.05) is 19.3 Å².